The molecular weight excluding hydrogens is 480 g/mol. The third-order valence-corrected chi connectivity index (χ3v) is 7.27. The summed E-state index contributed by atoms with van der Waals surface area (Å²) in [5.74, 6) is 0. The molecule has 0 atom stereocenters. The fourth-order valence-electron chi connectivity index (χ4n) is 5.54. The Hall–Kier alpha value is -5.20. The van der Waals surface area contributed by atoms with E-state index in [0.717, 1.165) is 21.9 Å². The van der Waals surface area contributed by atoms with Crippen LogP contribution in [0.4, 0.5) is 0 Å². The highest BCUT2D eigenvalue weighted by molar-refractivity contribution is 6.23. The van der Waals surface area contributed by atoms with Gasteiger partial charge in [0.1, 0.15) is 0 Å². The quantitative estimate of drug-likeness (QED) is 0.203. The molecule has 0 spiro atoms. The van der Waals surface area contributed by atoms with Crippen LogP contribution in [-0.2, 0) is 0 Å². The topological polar surface area (TPSA) is 0 Å². The van der Waals surface area contributed by atoms with Crippen molar-refractivity contribution >= 4 is 43.1 Å². The summed E-state index contributed by atoms with van der Waals surface area (Å²) in [5, 5.41) is 2.43. The minimum atomic E-state index is -0.530. The summed E-state index contributed by atoms with van der Waals surface area (Å²) in [4.78, 5) is 0. The molecule has 0 amide bonds. The van der Waals surface area contributed by atoms with Gasteiger partial charge in [0, 0.05) is 0 Å². The maximum absolute atomic E-state index is 9.13. The van der Waals surface area contributed by atoms with Crippen molar-refractivity contribution < 1.29 is 19.2 Å². The third kappa shape index (κ3) is 3.54. The van der Waals surface area contributed by atoms with Crippen molar-refractivity contribution in [2.24, 2.45) is 0 Å². The largest absolute Gasteiger partial charge is 0.0629 e. The summed E-state index contributed by atoms with van der Waals surface area (Å²) in [6.07, 6.45) is 0. The lowest BCUT2D eigenvalue weighted by Gasteiger charge is -2.19. The van der Waals surface area contributed by atoms with E-state index in [-0.39, 0.29) is 44.8 Å². The maximum Gasteiger partial charge on any atom is 0.0629 e. The van der Waals surface area contributed by atoms with Crippen molar-refractivity contribution in [2.75, 3.05) is 0 Å². The number of rotatable bonds is 3. The first-order valence-electron chi connectivity index (χ1n) is 19.7. The van der Waals surface area contributed by atoms with Gasteiger partial charge in [0.15, 0.2) is 0 Å². The minimum absolute atomic E-state index is 0.0103. The lowest BCUT2D eigenvalue weighted by atomic mass is 9.84. The molecule has 0 aliphatic heterocycles. The molecule has 0 heterocycles. The smallest absolute Gasteiger partial charge is 0.0616 e. The van der Waals surface area contributed by atoms with Crippen molar-refractivity contribution in [3.05, 3.63) is 157 Å². The van der Waals surface area contributed by atoms with E-state index in [1.54, 1.807) is 24.3 Å². The number of fused-ring (bicyclic) bond motifs is 4. The van der Waals surface area contributed by atoms with Gasteiger partial charge in [-0.1, -0.05) is 157 Å². The van der Waals surface area contributed by atoms with E-state index in [2.05, 4.69) is 0 Å². The van der Waals surface area contributed by atoms with Gasteiger partial charge in [-0.15, -0.1) is 0 Å². The Morgan fingerprint density at radius 2 is 0.750 bits per heavy atom. The molecule has 8 aromatic rings. The molecule has 0 N–H and O–H groups in total. The van der Waals surface area contributed by atoms with E-state index in [0.29, 0.717) is 21.9 Å². The Morgan fingerprint density at radius 3 is 1.32 bits per heavy atom. The van der Waals surface area contributed by atoms with Gasteiger partial charge >= 0.3 is 0 Å². The van der Waals surface area contributed by atoms with Crippen LogP contribution in [0, 0.1) is 0 Å². The fourth-order valence-corrected chi connectivity index (χ4v) is 5.54. The third-order valence-electron chi connectivity index (χ3n) is 7.27. The zero-order valence-corrected chi connectivity index (χ0v) is 20.9. The van der Waals surface area contributed by atoms with Crippen LogP contribution >= 0.6 is 0 Å². The Labute approximate surface area is 253 Å². The molecule has 0 nitrogen and oxygen atoms in total. The standard InChI is InChI=1S/C40H26/c1-3-15-31-27(11-1)13-9-21-32(31)29-23-25-30(26-24-29)39-35-17-5-7-19-37(35)40(38-20-8-6-18-36(38)39)34-22-10-14-28-12-2-4-16-33(28)34/h1-26H/i1D,2D,3D,4D,9D,10D,11D,12D,13D,14D,15D,16D,21D,22D. The molecule has 0 aliphatic carbocycles. The summed E-state index contributed by atoms with van der Waals surface area (Å²) >= 11 is 0. The van der Waals surface area contributed by atoms with Crippen molar-refractivity contribution in [1.29, 1.82) is 0 Å². The zero-order valence-electron chi connectivity index (χ0n) is 34.9. The summed E-state index contributed by atoms with van der Waals surface area (Å²) in [5.41, 5.74) is 2.62. The molecule has 0 heteroatoms. The molecule has 40 heavy (non-hydrogen) atoms. The lowest BCUT2D eigenvalue weighted by Crippen LogP contribution is -1.91. The second-order valence-corrected chi connectivity index (χ2v) is 9.42. The Morgan fingerprint density at radius 1 is 0.325 bits per heavy atom. The molecule has 0 aromatic heterocycles. The first kappa shape index (κ1) is 12.8. The maximum atomic E-state index is 9.13. The first-order valence-corrected chi connectivity index (χ1v) is 12.7. The summed E-state index contributed by atoms with van der Waals surface area (Å²) in [7, 11) is 0. The summed E-state index contributed by atoms with van der Waals surface area (Å²) in [6, 6.07) is 15.5. The average Bonchev–Trinajstić information content (AvgIpc) is 3.18. The first-order chi connectivity index (χ1) is 25.7. The number of hydrogen-bond donors (Lipinski definition) is 0. The highest BCUT2D eigenvalue weighted by atomic mass is 14.2. The molecule has 186 valence electrons. The van der Waals surface area contributed by atoms with Gasteiger partial charge in [-0.25, -0.2) is 0 Å². The van der Waals surface area contributed by atoms with E-state index in [1.165, 1.54) is 0 Å². The van der Waals surface area contributed by atoms with E-state index in [4.69, 9.17) is 19.2 Å². The summed E-state index contributed by atoms with van der Waals surface area (Å²) < 4.78 is 120. The average molecular weight is 521 g/mol. The molecule has 0 bridgehead atoms. The van der Waals surface area contributed by atoms with Crippen LogP contribution in [0.15, 0.2) is 157 Å². The second-order valence-electron chi connectivity index (χ2n) is 9.42. The van der Waals surface area contributed by atoms with E-state index in [1.807, 2.05) is 48.5 Å². The Bertz CT molecular complexity index is 2900. The van der Waals surface area contributed by atoms with E-state index in [9.17, 15) is 0 Å². The molecule has 8 aromatic carbocycles. The monoisotopic (exact) mass is 520 g/mol. The van der Waals surface area contributed by atoms with Gasteiger partial charge in [-0.05, 0) is 76.5 Å². The van der Waals surface area contributed by atoms with Crippen molar-refractivity contribution in [3.8, 4) is 33.4 Å². The predicted octanol–water partition coefficient (Wildman–Crippen LogP) is 11.3. The Kier molecular flexibility index (Phi) is 2.94. The van der Waals surface area contributed by atoms with Crippen LogP contribution in [0.2, 0.25) is 0 Å². The number of benzene rings is 8. The van der Waals surface area contributed by atoms with Crippen molar-refractivity contribution in [3.63, 3.8) is 0 Å². The van der Waals surface area contributed by atoms with Crippen molar-refractivity contribution in [1.82, 2.24) is 0 Å². The molecule has 0 fully saturated rings. The normalized spacial score (nSPS) is 16.4. The predicted molar refractivity (Wildman–Crippen MR) is 173 cm³/mol. The molecule has 0 saturated heterocycles. The van der Waals surface area contributed by atoms with Crippen LogP contribution < -0.4 is 0 Å². The molecule has 8 rings (SSSR count). The summed E-state index contributed by atoms with van der Waals surface area (Å²) in [6.45, 7) is 0. The number of hydrogen-bond acceptors (Lipinski definition) is 0. The minimum Gasteiger partial charge on any atom is -0.0616 e. The molecule has 0 aliphatic rings. The fraction of sp³-hybridized carbons (Fsp3) is 0. The van der Waals surface area contributed by atoms with Gasteiger partial charge in [0.05, 0.1) is 19.2 Å². The molecule has 0 radical (unpaired) electrons. The molecule has 0 unspecified atom stereocenters. The van der Waals surface area contributed by atoms with E-state index < -0.39 is 72.5 Å². The highest BCUT2D eigenvalue weighted by Gasteiger charge is 2.17. The lowest BCUT2D eigenvalue weighted by molar-refractivity contribution is 1.63. The van der Waals surface area contributed by atoms with Gasteiger partial charge in [0.25, 0.3) is 0 Å². The van der Waals surface area contributed by atoms with Crippen LogP contribution in [0.3, 0.4) is 0 Å². The molecular formula is C40H26. The van der Waals surface area contributed by atoms with Gasteiger partial charge in [-0.2, -0.15) is 0 Å². The SMILES string of the molecule is [2H]c1c([2H])c([2H])c2c(-c3ccc(-c4c5ccccc5c(-c5c([2H])c([2H])c([2H])c6c([2H])c([2H])c([2H])c([2H])c56)c5ccccc45)cc3)c([2H])c([2H])c([2H])c2c1[2H]. The van der Waals surface area contributed by atoms with Gasteiger partial charge in [-0.3, -0.25) is 0 Å². The molecule has 0 saturated carbocycles. The van der Waals surface area contributed by atoms with E-state index >= 15 is 0 Å². The van der Waals surface area contributed by atoms with Gasteiger partial charge in [0.2, 0.25) is 0 Å². The Balaban J connectivity index is 1.45. The van der Waals surface area contributed by atoms with Crippen molar-refractivity contribution in [2.45, 2.75) is 0 Å². The van der Waals surface area contributed by atoms with Crippen LogP contribution in [0.25, 0.3) is 76.5 Å². The highest BCUT2D eigenvalue weighted by Crippen LogP contribution is 2.45. The van der Waals surface area contributed by atoms with Gasteiger partial charge < -0.3 is 0 Å². The van der Waals surface area contributed by atoms with Crippen LogP contribution in [0.5, 0.6) is 0 Å². The van der Waals surface area contributed by atoms with Crippen LogP contribution in [0.1, 0.15) is 19.2 Å². The van der Waals surface area contributed by atoms with Crippen LogP contribution in [-0.4, -0.2) is 0 Å². The zero-order chi connectivity index (χ0) is 38.7. The second kappa shape index (κ2) is 9.22.